The van der Waals surface area contributed by atoms with Gasteiger partial charge in [-0.05, 0) is 31.2 Å². The summed E-state index contributed by atoms with van der Waals surface area (Å²) in [6.45, 7) is 1.73. The fourth-order valence-electron chi connectivity index (χ4n) is 2.68. The predicted octanol–water partition coefficient (Wildman–Crippen LogP) is 5.91. The third-order valence-corrected chi connectivity index (χ3v) is 6.03. The van der Waals surface area contributed by atoms with Gasteiger partial charge in [0, 0.05) is 17.1 Å². The molecule has 0 fully saturated rings. The number of pyridine rings is 1. The Labute approximate surface area is 177 Å². The molecule has 3 heterocycles. The smallest absolute Gasteiger partial charge is 0.297 e. The minimum atomic E-state index is -4.43. The average molecular weight is 446 g/mol. The molecule has 0 aliphatic heterocycles. The third-order valence-electron chi connectivity index (χ3n) is 4.10. The maximum Gasteiger partial charge on any atom is 0.416 e. The molecule has 0 spiro atoms. The number of aromatic nitrogens is 3. The van der Waals surface area contributed by atoms with Crippen LogP contribution in [0, 0.1) is 6.92 Å². The van der Waals surface area contributed by atoms with Gasteiger partial charge in [-0.25, -0.2) is 9.97 Å². The quantitative estimate of drug-likeness (QED) is 0.423. The molecule has 1 amide bonds. The molecular formula is C20H13F3N4OS2. The summed E-state index contributed by atoms with van der Waals surface area (Å²) < 4.78 is 38.8. The van der Waals surface area contributed by atoms with Gasteiger partial charge in [0.15, 0.2) is 5.13 Å². The summed E-state index contributed by atoms with van der Waals surface area (Å²) in [5.74, 6) is -0.378. The summed E-state index contributed by atoms with van der Waals surface area (Å²) in [4.78, 5) is 26.0. The molecule has 4 rings (SSSR count). The van der Waals surface area contributed by atoms with E-state index in [2.05, 4.69) is 20.3 Å². The van der Waals surface area contributed by atoms with E-state index in [1.807, 2.05) is 12.1 Å². The summed E-state index contributed by atoms with van der Waals surface area (Å²) >= 11 is 2.35. The molecule has 0 bridgehead atoms. The first kappa shape index (κ1) is 20.2. The van der Waals surface area contributed by atoms with Gasteiger partial charge in [0.25, 0.3) is 5.91 Å². The number of carbonyl (C=O) groups is 1. The van der Waals surface area contributed by atoms with Crippen LogP contribution in [-0.2, 0) is 6.18 Å². The lowest BCUT2D eigenvalue weighted by Crippen LogP contribution is -2.11. The zero-order valence-electron chi connectivity index (χ0n) is 15.4. The van der Waals surface area contributed by atoms with E-state index in [0.717, 1.165) is 23.5 Å². The molecule has 4 aromatic rings. The number of thiazole rings is 2. The van der Waals surface area contributed by atoms with Gasteiger partial charge < -0.3 is 0 Å². The van der Waals surface area contributed by atoms with E-state index in [-0.39, 0.29) is 5.91 Å². The molecule has 10 heteroatoms. The standard InChI is InChI=1S/C20H13F3N4OS2/c1-11-16(30-18(25-11)14-7-2-3-8-24-14)17(28)27-19-26-15(10-29-19)12-5-4-6-13(9-12)20(21,22)23/h2-10H,1H3,(H,26,27,28). The summed E-state index contributed by atoms with van der Waals surface area (Å²) in [5, 5.41) is 5.21. The number of amides is 1. The molecule has 1 N–H and O–H groups in total. The molecule has 0 unspecified atom stereocenters. The second kappa shape index (κ2) is 7.96. The topological polar surface area (TPSA) is 67.8 Å². The first-order valence-corrected chi connectivity index (χ1v) is 10.3. The van der Waals surface area contributed by atoms with Gasteiger partial charge >= 0.3 is 6.18 Å². The lowest BCUT2D eigenvalue weighted by Gasteiger charge is -2.07. The van der Waals surface area contributed by atoms with Gasteiger partial charge in [-0.1, -0.05) is 18.2 Å². The molecule has 1 aromatic carbocycles. The number of benzene rings is 1. The lowest BCUT2D eigenvalue weighted by atomic mass is 10.1. The Morgan fingerprint density at radius 2 is 1.90 bits per heavy atom. The molecule has 3 aromatic heterocycles. The van der Waals surface area contributed by atoms with Crippen LogP contribution in [0.4, 0.5) is 18.3 Å². The Morgan fingerprint density at radius 1 is 1.07 bits per heavy atom. The second-order valence-electron chi connectivity index (χ2n) is 6.22. The van der Waals surface area contributed by atoms with Crippen LogP contribution in [0.3, 0.4) is 0 Å². The Bertz CT molecular complexity index is 1200. The number of hydrogen-bond acceptors (Lipinski definition) is 6. The Morgan fingerprint density at radius 3 is 2.63 bits per heavy atom. The van der Waals surface area contributed by atoms with E-state index in [9.17, 15) is 18.0 Å². The second-order valence-corrected chi connectivity index (χ2v) is 8.08. The van der Waals surface area contributed by atoms with Crippen LogP contribution >= 0.6 is 22.7 Å². The summed E-state index contributed by atoms with van der Waals surface area (Å²) in [6, 6.07) is 10.4. The summed E-state index contributed by atoms with van der Waals surface area (Å²) in [7, 11) is 0. The average Bonchev–Trinajstić information content (AvgIpc) is 3.35. The van der Waals surface area contributed by atoms with Gasteiger partial charge in [0.1, 0.15) is 9.88 Å². The van der Waals surface area contributed by atoms with Gasteiger partial charge in [0.05, 0.1) is 22.6 Å². The molecular weight excluding hydrogens is 433 g/mol. The molecule has 5 nitrogen and oxygen atoms in total. The molecule has 30 heavy (non-hydrogen) atoms. The minimum absolute atomic E-state index is 0.291. The first-order chi connectivity index (χ1) is 14.3. The van der Waals surface area contributed by atoms with Crippen molar-refractivity contribution in [3.63, 3.8) is 0 Å². The highest BCUT2D eigenvalue weighted by Gasteiger charge is 2.30. The van der Waals surface area contributed by atoms with Crippen molar-refractivity contribution in [3.05, 3.63) is 70.2 Å². The number of hydrogen-bond donors (Lipinski definition) is 1. The van der Waals surface area contributed by atoms with E-state index in [4.69, 9.17) is 0 Å². The van der Waals surface area contributed by atoms with Crippen LogP contribution in [-0.4, -0.2) is 20.9 Å². The maximum absolute atomic E-state index is 12.9. The number of anilines is 1. The SMILES string of the molecule is Cc1nc(-c2ccccn2)sc1C(=O)Nc1nc(-c2cccc(C(F)(F)F)c2)cs1. The number of rotatable bonds is 4. The zero-order valence-corrected chi connectivity index (χ0v) is 17.0. The van der Waals surface area contributed by atoms with Crippen molar-refractivity contribution in [2.75, 3.05) is 5.32 Å². The van der Waals surface area contributed by atoms with E-state index >= 15 is 0 Å². The minimum Gasteiger partial charge on any atom is -0.297 e. The summed E-state index contributed by atoms with van der Waals surface area (Å²) in [5.41, 5.74) is 1.17. The van der Waals surface area contributed by atoms with Crippen LogP contribution < -0.4 is 5.32 Å². The zero-order chi connectivity index (χ0) is 21.3. The highest BCUT2D eigenvalue weighted by molar-refractivity contribution is 7.17. The third kappa shape index (κ3) is 4.24. The highest BCUT2D eigenvalue weighted by atomic mass is 32.1. The van der Waals surface area contributed by atoms with E-state index < -0.39 is 11.7 Å². The Kier molecular flexibility index (Phi) is 5.35. The number of aryl methyl sites for hydroxylation is 1. The fourth-order valence-corrected chi connectivity index (χ4v) is 4.33. The van der Waals surface area contributed by atoms with Crippen LogP contribution in [0.15, 0.2) is 54.0 Å². The van der Waals surface area contributed by atoms with Crippen molar-refractivity contribution in [2.45, 2.75) is 13.1 Å². The van der Waals surface area contributed by atoms with Crippen LogP contribution in [0.2, 0.25) is 0 Å². The van der Waals surface area contributed by atoms with Crippen molar-refractivity contribution in [2.24, 2.45) is 0 Å². The van der Waals surface area contributed by atoms with E-state index in [1.54, 1.807) is 30.6 Å². The Balaban J connectivity index is 1.53. The molecule has 152 valence electrons. The van der Waals surface area contributed by atoms with Gasteiger partial charge in [0.2, 0.25) is 0 Å². The van der Waals surface area contributed by atoms with Gasteiger partial charge in [-0.3, -0.25) is 15.1 Å². The van der Waals surface area contributed by atoms with Crippen molar-refractivity contribution >= 4 is 33.7 Å². The molecule has 0 atom stereocenters. The van der Waals surface area contributed by atoms with Crippen LogP contribution in [0.1, 0.15) is 20.9 Å². The van der Waals surface area contributed by atoms with Gasteiger partial charge in [-0.15, -0.1) is 22.7 Å². The molecule has 0 aliphatic carbocycles. The fraction of sp³-hybridized carbons (Fsp3) is 0.100. The highest BCUT2D eigenvalue weighted by Crippen LogP contribution is 2.33. The molecule has 0 saturated carbocycles. The van der Waals surface area contributed by atoms with Crippen LogP contribution in [0.25, 0.3) is 22.0 Å². The molecule has 0 radical (unpaired) electrons. The normalized spacial score (nSPS) is 11.5. The Hall–Kier alpha value is -3.11. The molecule has 0 saturated heterocycles. The van der Waals surface area contributed by atoms with Gasteiger partial charge in [-0.2, -0.15) is 13.2 Å². The van der Waals surface area contributed by atoms with Crippen molar-refractivity contribution in [3.8, 4) is 22.0 Å². The monoisotopic (exact) mass is 446 g/mol. The number of halogens is 3. The number of alkyl halides is 3. The number of nitrogens with zero attached hydrogens (tertiary/aromatic N) is 3. The largest absolute Gasteiger partial charge is 0.416 e. The van der Waals surface area contributed by atoms with Crippen molar-refractivity contribution in [1.82, 2.24) is 15.0 Å². The maximum atomic E-state index is 12.9. The van der Waals surface area contributed by atoms with E-state index in [0.29, 0.717) is 37.7 Å². The van der Waals surface area contributed by atoms with Crippen LogP contribution in [0.5, 0.6) is 0 Å². The predicted molar refractivity (Wildman–Crippen MR) is 111 cm³/mol. The first-order valence-electron chi connectivity index (χ1n) is 8.64. The number of nitrogens with one attached hydrogen (secondary N) is 1. The summed E-state index contributed by atoms with van der Waals surface area (Å²) in [6.07, 6.45) is -2.78. The number of carbonyl (C=O) groups excluding carboxylic acids is 1. The van der Waals surface area contributed by atoms with Crippen molar-refractivity contribution < 1.29 is 18.0 Å². The van der Waals surface area contributed by atoms with E-state index in [1.165, 1.54) is 17.4 Å². The lowest BCUT2D eigenvalue weighted by molar-refractivity contribution is -0.137. The van der Waals surface area contributed by atoms with Crippen molar-refractivity contribution in [1.29, 1.82) is 0 Å². The molecule has 0 aliphatic rings.